The molecule has 0 radical (unpaired) electrons. The summed E-state index contributed by atoms with van der Waals surface area (Å²) in [6.45, 7) is -0.990. The van der Waals surface area contributed by atoms with E-state index in [1.807, 2.05) is 0 Å². The number of hydrogen-bond donors (Lipinski definition) is 1. The number of esters is 1. The van der Waals surface area contributed by atoms with Gasteiger partial charge in [0.05, 0.1) is 11.5 Å². The number of nitrogens with one attached hydrogen (secondary N) is 1. The topological polar surface area (TPSA) is 98.8 Å². The Morgan fingerprint density at radius 2 is 2.09 bits per heavy atom. The SMILES string of the molecule is O=C(COC(=O)COc1cccc(F)c1)N[C@H]1CCS(=O)(=O)C1. The highest BCUT2D eigenvalue weighted by molar-refractivity contribution is 7.91. The maximum absolute atomic E-state index is 12.9. The lowest BCUT2D eigenvalue weighted by Gasteiger charge is -2.11. The number of rotatable bonds is 6. The van der Waals surface area contributed by atoms with E-state index in [0.717, 1.165) is 6.07 Å². The van der Waals surface area contributed by atoms with Crippen LogP contribution in [-0.4, -0.2) is 51.1 Å². The van der Waals surface area contributed by atoms with Crippen LogP contribution in [0.3, 0.4) is 0 Å². The van der Waals surface area contributed by atoms with Crippen LogP contribution in [0.4, 0.5) is 4.39 Å². The van der Waals surface area contributed by atoms with Crippen molar-refractivity contribution in [2.45, 2.75) is 12.5 Å². The number of benzene rings is 1. The molecule has 0 bridgehead atoms. The van der Waals surface area contributed by atoms with E-state index in [1.54, 1.807) is 0 Å². The summed E-state index contributed by atoms with van der Waals surface area (Å²) in [7, 11) is -3.09. The summed E-state index contributed by atoms with van der Waals surface area (Å²) >= 11 is 0. The highest BCUT2D eigenvalue weighted by Crippen LogP contribution is 2.12. The highest BCUT2D eigenvalue weighted by atomic mass is 32.2. The van der Waals surface area contributed by atoms with Gasteiger partial charge < -0.3 is 14.8 Å². The molecule has 23 heavy (non-hydrogen) atoms. The number of carbonyl (C=O) groups is 2. The van der Waals surface area contributed by atoms with Gasteiger partial charge in [0.25, 0.3) is 5.91 Å². The van der Waals surface area contributed by atoms with Crippen LogP contribution in [0, 0.1) is 5.82 Å². The molecule has 1 N–H and O–H groups in total. The summed E-state index contributed by atoms with van der Waals surface area (Å²) in [5, 5.41) is 2.49. The Kier molecular flexibility index (Phi) is 5.54. The lowest BCUT2D eigenvalue weighted by Crippen LogP contribution is -2.38. The van der Waals surface area contributed by atoms with Crippen molar-refractivity contribution in [1.29, 1.82) is 0 Å². The minimum atomic E-state index is -3.09. The van der Waals surface area contributed by atoms with E-state index >= 15 is 0 Å². The van der Waals surface area contributed by atoms with E-state index in [4.69, 9.17) is 9.47 Å². The normalized spacial score (nSPS) is 19.1. The third-order valence-corrected chi connectivity index (χ3v) is 4.88. The third kappa shape index (κ3) is 5.85. The Balaban J connectivity index is 1.67. The molecule has 1 saturated heterocycles. The van der Waals surface area contributed by atoms with Crippen molar-refractivity contribution in [3.05, 3.63) is 30.1 Å². The maximum Gasteiger partial charge on any atom is 0.344 e. The minimum Gasteiger partial charge on any atom is -0.482 e. The summed E-state index contributed by atoms with van der Waals surface area (Å²) < 4.78 is 45.1. The van der Waals surface area contributed by atoms with Crippen molar-refractivity contribution >= 4 is 21.7 Å². The van der Waals surface area contributed by atoms with Crippen LogP contribution in [0.25, 0.3) is 0 Å². The average molecular weight is 345 g/mol. The van der Waals surface area contributed by atoms with Crippen molar-refractivity contribution in [2.24, 2.45) is 0 Å². The molecule has 1 fully saturated rings. The zero-order chi connectivity index (χ0) is 16.9. The van der Waals surface area contributed by atoms with Crippen molar-refractivity contribution in [3.8, 4) is 5.75 Å². The van der Waals surface area contributed by atoms with Gasteiger partial charge >= 0.3 is 5.97 Å². The molecule has 0 aromatic heterocycles. The quantitative estimate of drug-likeness (QED) is 0.732. The molecule has 1 heterocycles. The fraction of sp³-hybridized carbons (Fsp3) is 0.429. The molecule has 2 rings (SSSR count). The zero-order valence-electron chi connectivity index (χ0n) is 12.2. The van der Waals surface area contributed by atoms with E-state index in [0.29, 0.717) is 6.42 Å². The molecule has 1 amide bonds. The molecule has 9 heteroatoms. The fourth-order valence-corrected chi connectivity index (χ4v) is 3.74. The van der Waals surface area contributed by atoms with Gasteiger partial charge in [0.1, 0.15) is 11.6 Å². The molecular weight excluding hydrogens is 329 g/mol. The van der Waals surface area contributed by atoms with Crippen molar-refractivity contribution in [2.75, 3.05) is 24.7 Å². The number of halogens is 1. The number of ether oxygens (including phenoxy) is 2. The van der Waals surface area contributed by atoms with Gasteiger partial charge in [0, 0.05) is 12.1 Å². The van der Waals surface area contributed by atoms with Crippen LogP contribution in [0.2, 0.25) is 0 Å². The first kappa shape index (κ1) is 17.2. The lowest BCUT2D eigenvalue weighted by molar-refractivity contribution is -0.150. The molecule has 1 aromatic rings. The first-order valence-electron chi connectivity index (χ1n) is 6.88. The zero-order valence-corrected chi connectivity index (χ0v) is 13.0. The lowest BCUT2D eigenvalue weighted by atomic mass is 10.2. The van der Waals surface area contributed by atoms with E-state index < -0.39 is 46.8 Å². The second kappa shape index (κ2) is 7.40. The maximum atomic E-state index is 12.9. The highest BCUT2D eigenvalue weighted by Gasteiger charge is 2.29. The molecular formula is C14H16FNO6S. The predicted molar refractivity (Wildman–Crippen MR) is 78.1 cm³/mol. The summed E-state index contributed by atoms with van der Waals surface area (Å²) in [5.74, 6) is -1.76. The van der Waals surface area contributed by atoms with Crippen LogP contribution in [0.15, 0.2) is 24.3 Å². The molecule has 1 aliphatic heterocycles. The summed E-state index contributed by atoms with van der Waals surface area (Å²) in [5.41, 5.74) is 0. The third-order valence-electron chi connectivity index (χ3n) is 3.11. The molecule has 126 valence electrons. The van der Waals surface area contributed by atoms with Gasteiger partial charge in [-0.2, -0.15) is 0 Å². The molecule has 0 saturated carbocycles. The average Bonchev–Trinajstić information content (AvgIpc) is 2.82. The number of amides is 1. The summed E-state index contributed by atoms with van der Waals surface area (Å²) in [6.07, 6.45) is 0.352. The van der Waals surface area contributed by atoms with Crippen LogP contribution in [0.5, 0.6) is 5.75 Å². The minimum absolute atomic E-state index is 0.0409. The molecule has 0 unspecified atom stereocenters. The Morgan fingerprint density at radius 3 is 2.74 bits per heavy atom. The van der Waals surface area contributed by atoms with Gasteiger partial charge in [-0.25, -0.2) is 17.6 Å². The van der Waals surface area contributed by atoms with Gasteiger partial charge in [-0.1, -0.05) is 6.07 Å². The van der Waals surface area contributed by atoms with Crippen LogP contribution >= 0.6 is 0 Å². The second-order valence-corrected chi connectivity index (χ2v) is 7.30. The Bertz CT molecular complexity index is 690. The number of sulfone groups is 1. The van der Waals surface area contributed by atoms with Gasteiger partial charge in [0.2, 0.25) is 0 Å². The van der Waals surface area contributed by atoms with E-state index in [1.165, 1.54) is 18.2 Å². The van der Waals surface area contributed by atoms with E-state index in [-0.39, 0.29) is 17.3 Å². The first-order chi connectivity index (χ1) is 10.8. The largest absolute Gasteiger partial charge is 0.482 e. The van der Waals surface area contributed by atoms with Crippen LogP contribution in [0.1, 0.15) is 6.42 Å². The summed E-state index contributed by atoms with van der Waals surface area (Å²) in [4.78, 5) is 23.0. The Hall–Kier alpha value is -2.16. The monoisotopic (exact) mass is 345 g/mol. The van der Waals surface area contributed by atoms with Gasteiger partial charge in [0.15, 0.2) is 23.1 Å². The molecule has 1 atom stereocenters. The Morgan fingerprint density at radius 1 is 1.30 bits per heavy atom. The van der Waals surface area contributed by atoms with Crippen molar-refractivity contribution in [1.82, 2.24) is 5.32 Å². The van der Waals surface area contributed by atoms with Crippen LogP contribution in [-0.2, 0) is 24.2 Å². The van der Waals surface area contributed by atoms with Gasteiger partial charge in [-0.3, -0.25) is 4.79 Å². The Labute approximate surface area is 132 Å². The standard InChI is InChI=1S/C14H16FNO6S/c15-10-2-1-3-12(6-10)21-8-14(18)22-7-13(17)16-11-4-5-23(19,20)9-11/h1-3,6,11H,4-5,7-9H2,(H,16,17)/t11-/m0/s1. The summed E-state index contributed by atoms with van der Waals surface area (Å²) in [6, 6.07) is 4.80. The first-order valence-corrected chi connectivity index (χ1v) is 8.70. The number of hydrogen-bond acceptors (Lipinski definition) is 6. The van der Waals surface area contributed by atoms with Crippen LogP contribution < -0.4 is 10.1 Å². The van der Waals surface area contributed by atoms with Crippen molar-refractivity contribution in [3.63, 3.8) is 0 Å². The molecule has 1 aliphatic rings. The van der Waals surface area contributed by atoms with Crippen molar-refractivity contribution < 1.29 is 31.9 Å². The molecule has 0 spiro atoms. The second-order valence-electron chi connectivity index (χ2n) is 5.07. The molecule has 1 aromatic carbocycles. The fourth-order valence-electron chi connectivity index (χ4n) is 2.06. The molecule has 7 nitrogen and oxygen atoms in total. The van der Waals surface area contributed by atoms with E-state index in [2.05, 4.69) is 5.32 Å². The van der Waals surface area contributed by atoms with Gasteiger partial charge in [-0.05, 0) is 18.6 Å². The smallest absolute Gasteiger partial charge is 0.344 e. The van der Waals surface area contributed by atoms with E-state index in [9.17, 15) is 22.4 Å². The van der Waals surface area contributed by atoms with Gasteiger partial charge in [-0.15, -0.1) is 0 Å². The molecule has 0 aliphatic carbocycles. The number of carbonyl (C=O) groups excluding carboxylic acids is 2. The predicted octanol–water partition coefficient (Wildman–Crippen LogP) is 0.0510.